The fraction of sp³-hybridized carbons (Fsp3) is 0.452. The number of carbonyl (C=O) groups excluding carboxylic acids is 4. The number of hydrogen-bond donors (Lipinski definition) is 1. The summed E-state index contributed by atoms with van der Waals surface area (Å²) in [6.45, 7) is 7.72. The third-order valence-electron chi connectivity index (χ3n) is 9.88. The highest BCUT2D eigenvalue weighted by molar-refractivity contribution is 8.00. The van der Waals surface area contributed by atoms with Gasteiger partial charge in [0.1, 0.15) is 30.1 Å². The van der Waals surface area contributed by atoms with Crippen molar-refractivity contribution in [3.05, 3.63) is 101 Å². The summed E-state index contributed by atoms with van der Waals surface area (Å²) in [6.07, 6.45) is 4.95. The molecule has 2 aliphatic heterocycles. The van der Waals surface area contributed by atoms with Crippen molar-refractivity contribution >= 4 is 41.8 Å². The number of nitrogens with zero attached hydrogens (tertiary/aromatic N) is 6. The second-order valence-electron chi connectivity index (χ2n) is 14.4. The molecule has 2 saturated heterocycles. The van der Waals surface area contributed by atoms with Crippen molar-refractivity contribution in [2.75, 3.05) is 52.5 Å². The molecule has 0 spiro atoms. The predicted octanol–water partition coefficient (Wildman–Crippen LogP) is 4.70. The lowest BCUT2D eigenvalue weighted by Crippen LogP contribution is -2.50. The number of benzene rings is 2. The van der Waals surface area contributed by atoms with Gasteiger partial charge in [-0.2, -0.15) is 10.4 Å². The van der Waals surface area contributed by atoms with Crippen LogP contribution in [-0.2, 0) is 50.2 Å². The largest absolute Gasteiger partial charge is 0.512 e. The zero-order valence-corrected chi connectivity index (χ0v) is 35.2. The molecule has 3 aromatic rings. The van der Waals surface area contributed by atoms with E-state index in [1.54, 1.807) is 30.1 Å². The maximum Gasteiger partial charge on any atom is 0.512 e. The number of rotatable bonds is 18. The van der Waals surface area contributed by atoms with Crippen LogP contribution in [0.1, 0.15) is 50.3 Å². The van der Waals surface area contributed by atoms with Crippen LogP contribution >= 0.6 is 11.8 Å². The molecule has 3 heterocycles. The lowest BCUT2D eigenvalue weighted by Gasteiger charge is -2.40. The predicted molar refractivity (Wildman–Crippen MR) is 218 cm³/mol. The maximum atomic E-state index is 15.8. The number of hydrogen-bond acceptors (Lipinski definition) is 14. The molecule has 0 saturated carbocycles. The lowest BCUT2D eigenvalue weighted by atomic mass is 9.89. The van der Waals surface area contributed by atoms with E-state index in [9.17, 15) is 28.0 Å². The van der Waals surface area contributed by atoms with E-state index < -0.39 is 53.0 Å². The number of halogens is 3. The monoisotopic (exact) mass is 883 g/mol. The zero-order valence-electron chi connectivity index (χ0n) is 34.4. The summed E-state index contributed by atoms with van der Waals surface area (Å²) in [4.78, 5) is 58.0. The van der Waals surface area contributed by atoms with Crippen LogP contribution in [0.5, 0.6) is 0 Å². The topological polar surface area (TPSA) is 187 Å². The van der Waals surface area contributed by atoms with Gasteiger partial charge in [-0.3, -0.25) is 19.3 Å². The fourth-order valence-corrected chi connectivity index (χ4v) is 8.04. The van der Waals surface area contributed by atoms with Gasteiger partial charge in [0.2, 0.25) is 18.1 Å². The molecule has 16 nitrogen and oxygen atoms in total. The summed E-state index contributed by atoms with van der Waals surface area (Å²) >= 11 is 1.24. The summed E-state index contributed by atoms with van der Waals surface area (Å²) in [5, 5.41) is 14.6. The second-order valence-corrected chi connectivity index (χ2v) is 16.0. The molecule has 20 heteroatoms. The van der Waals surface area contributed by atoms with Gasteiger partial charge in [0.15, 0.2) is 11.9 Å². The van der Waals surface area contributed by atoms with E-state index in [0.717, 1.165) is 18.2 Å². The van der Waals surface area contributed by atoms with E-state index in [4.69, 9.17) is 28.9 Å². The van der Waals surface area contributed by atoms with Gasteiger partial charge >= 0.3 is 12.1 Å². The molecule has 2 fully saturated rings. The molecule has 5 rings (SSSR count). The normalized spacial score (nSPS) is 19.0. The minimum atomic E-state index is -1.93. The van der Waals surface area contributed by atoms with Gasteiger partial charge in [0.25, 0.3) is 0 Å². The average Bonchev–Trinajstić information content (AvgIpc) is 3.75. The third kappa shape index (κ3) is 13.9. The number of allylic oxidation sites excluding steroid dienone is 2. The molecule has 1 unspecified atom stereocenters. The maximum absolute atomic E-state index is 15.8. The Balaban J connectivity index is 1.19. The highest BCUT2D eigenvalue weighted by Crippen LogP contribution is 2.42. The minimum Gasteiger partial charge on any atom is -0.425 e. The van der Waals surface area contributed by atoms with Crippen LogP contribution in [0.15, 0.2) is 67.3 Å². The number of nitriles is 1. The molecule has 3 atom stereocenters. The van der Waals surface area contributed by atoms with Crippen molar-refractivity contribution in [3.63, 3.8) is 0 Å². The molecule has 2 aromatic carbocycles. The number of ether oxygens (including phenoxy) is 5. The van der Waals surface area contributed by atoms with E-state index in [1.165, 1.54) is 61.2 Å². The van der Waals surface area contributed by atoms with Crippen molar-refractivity contribution in [2.24, 2.45) is 0 Å². The van der Waals surface area contributed by atoms with E-state index in [1.807, 2.05) is 6.07 Å². The van der Waals surface area contributed by atoms with Crippen molar-refractivity contribution in [1.82, 2.24) is 29.9 Å². The number of thioether (sulfide) groups is 1. The smallest absolute Gasteiger partial charge is 0.425 e. The number of amides is 2. The summed E-state index contributed by atoms with van der Waals surface area (Å²) < 4.78 is 73.9. The molecule has 332 valence electrons. The van der Waals surface area contributed by atoms with Crippen LogP contribution in [-0.4, -0.2) is 124 Å². The SMILES string of the molecule is CC(=O)NCCN1CCN(C(=O)CCC(=O)OC(C)OC(=O)O[C@@](Cn2cncn2)(c2ccc(F)cc2F)[C@@H](C)SC2COC(/C=C/C=C/c3ccc(C#N)cc3F)OC2)CC1. The van der Waals surface area contributed by atoms with Crippen LogP contribution < -0.4 is 5.32 Å². The lowest BCUT2D eigenvalue weighted by molar-refractivity contribution is -0.172. The summed E-state index contributed by atoms with van der Waals surface area (Å²) in [5.41, 5.74) is -1.63. The zero-order chi connectivity index (χ0) is 44.6. The first-order chi connectivity index (χ1) is 29.7. The van der Waals surface area contributed by atoms with Crippen LogP contribution in [0, 0.1) is 28.8 Å². The number of esters is 1. The van der Waals surface area contributed by atoms with Gasteiger partial charge in [0.05, 0.1) is 43.1 Å². The average molecular weight is 884 g/mol. The van der Waals surface area contributed by atoms with Gasteiger partial charge in [-0.15, -0.1) is 11.8 Å². The standard InChI is InChI=1S/C42H48F3N7O9S/c1-28(62-34-23-57-40(58-24-34)7-5-4-6-32-9-8-31(22-46)20-36(32)44)42(25-52-27-47-26-49-52,35-11-10-33(43)21-37(35)45)61-41(56)60-30(3)59-39(55)13-12-38(54)51-18-16-50(17-19-51)15-14-48-29(2)53/h4-11,20-21,26-28,30,34,40H,12-19,23-25H2,1-3H3,(H,48,53)/b6-4+,7-5+/t28-,30?,34?,40?,42-/m1/s1. The third-order valence-corrected chi connectivity index (χ3v) is 11.3. The summed E-state index contributed by atoms with van der Waals surface area (Å²) in [5.74, 6) is -3.58. The summed E-state index contributed by atoms with van der Waals surface area (Å²) in [7, 11) is 0. The Bertz CT molecular complexity index is 2110. The Labute approximate surface area is 360 Å². The quantitative estimate of drug-likeness (QED) is 0.105. The van der Waals surface area contributed by atoms with Gasteiger partial charge in [-0.05, 0) is 37.3 Å². The molecular weight excluding hydrogens is 836 g/mol. The van der Waals surface area contributed by atoms with E-state index in [-0.39, 0.29) is 60.8 Å². The van der Waals surface area contributed by atoms with Crippen LogP contribution in [0.2, 0.25) is 0 Å². The highest BCUT2D eigenvalue weighted by Gasteiger charge is 2.47. The first-order valence-corrected chi connectivity index (χ1v) is 20.7. The molecular formula is C42H48F3N7O9S. The number of nitrogens with one attached hydrogen (secondary N) is 1. The van der Waals surface area contributed by atoms with E-state index in [2.05, 4.69) is 20.3 Å². The Morgan fingerprint density at radius 3 is 2.44 bits per heavy atom. The molecule has 1 N–H and O–H groups in total. The fourth-order valence-electron chi connectivity index (χ4n) is 6.68. The molecule has 0 bridgehead atoms. The number of aromatic nitrogens is 3. The van der Waals surface area contributed by atoms with Gasteiger partial charge in [0, 0.05) is 82.0 Å². The molecule has 62 heavy (non-hydrogen) atoms. The van der Waals surface area contributed by atoms with Crippen molar-refractivity contribution < 1.29 is 56.0 Å². The van der Waals surface area contributed by atoms with E-state index >= 15 is 4.39 Å². The van der Waals surface area contributed by atoms with Gasteiger partial charge < -0.3 is 33.9 Å². The minimum absolute atomic E-state index is 0.112. The first kappa shape index (κ1) is 47.3. The van der Waals surface area contributed by atoms with Crippen molar-refractivity contribution in [3.8, 4) is 6.07 Å². The Morgan fingerprint density at radius 2 is 1.77 bits per heavy atom. The highest BCUT2D eigenvalue weighted by atomic mass is 32.2. The summed E-state index contributed by atoms with van der Waals surface area (Å²) in [6, 6.07) is 8.87. The molecule has 1 aromatic heterocycles. The van der Waals surface area contributed by atoms with Crippen LogP contribution in [0.3, 0.4) is 0 Å². The van der Waals surface area contributed by atoms with E-state index in [0.29, 0.717) is 50.9 Å². The number of piperazine rings is 1. The second kappa shape index (κ2) is 22.9. The van der Waals surface area contributed by atoms with Crippen LogP contribution in [0.25, 0.3) is 6.08 Å². The molecule has 0 aliphatic carbocycles. The Kier molecular flexibility index (Phi) is 17.5. The van der Waals surface area contributed by atoms with Gasteiger partial charge in [-0.1, -0.05) is 24.3 Å². The Hall–Kier alpha value is -5.75. The number of carbonyl (C=O) groups is 4. The van der Waals surface area contributed by atoms with Crippen molar-refractivity contribution in [1.29, 1.82) is 5.26 Å². The van der Waals surface area contributed by atoms with Crippen LogP contribution in [0.4, 0.5) is 18.0 Å². The Morgan fingerprint density at radius 1 is 1.02 bits per heavy atom. The van der Waals surface area contributed by atoms with Gasteiger partial charge in [-0.25, -0.2) is 27.6 Å². The molecule has 2 aliphatic rings. The molecule has 0 radical (unpaired) electrons. The first-order valence-electron chi connectivity index (χ1n) is 19.8. The van der Waals surface area contributed by atoms with Crippen molar-refractivity contribution in [2.45, 2.75) is 68.8 Å². The molecule has 2 amide bonds.